The van der Waals surface area contributed by atoms with Gasteiger partial charge in [-0.15, -0.1) is 0 Å². The van der Waals surface area contributed by atoms with Crippen LogP contribution < -0.4 is 10.2 Å². The number of hydrogen-bond donors (Lipinski definition) is 3. The molecular weight excluding hydrogens is 522 g/mol. The standard InChI is InChI=1S/C33H49NO7/c1-7-33(4,5)32(37)41-29-17-21(2)16-24-11-8-22(3)28(31(24)29)15-12-25(35)18-27(19-30(36)34-38)40-20-23-9-13-26(39-6)14-10-23/h8-11,13-14,16,21-22,25,27-29,31,35,38H,7,12,15,17-20H2,1-6H3,(H,34,36). The smallest absolute Gasteiger partial charge is 0.311 e. The number of nitrogens with one attached hydrogen (secondary N) is 1. The van der Waals surface area contributed by atoms with Crippen LogP contribution in [-0.2, 0) is 25.7 Å². The average molecular weight is 572 g/mol. The minimum absolute atomic E-state index is 0.0646. The Hall–Kier alpha value is -2.68. The van der Waals surface area contributed by atoms with Crippen molar-refractivity contribution in [1.29, 1.82) is 0 Å². The summed E-state index contributed by atoms with van der Waals surface area (Å²) < 4.78 is 17.4. The predicted octanol–water partition coefficient (Wildman–Crippen LogP) is 5.76. The molecule has 1 aromatic rings. The van der Waals surface area contributed by atoms with Gasteiger partial charge in [0.05, 0.1) is 37.8 Å². The van der Waals surface area contributed by atoms with E-state index in [1.54, 1.807) is 12.6 Å². The van der Waals surface area contributed by atoms with Crippen LogP contribution in [0.25, 0.3) is 0 Å². The molecule has 3 rings (SSSR count). The molecule has 0 aromatic heterocycles. The van der Waals surface area contributed by atoms with Gasteiger partial charge in [-0.05, 0) is 80.6 Å². The summed E-state index contributed by atoms with van der Waals surface area (Å²) in [6.45, 7) is 10.5. The van der Waals surface area contributed by atoms with Crippen LogP contribution in [0.4, 0.5) is 0 Å². The number of carbonyl (C=O) groups is 2. The molecule has 1 amide bonds. The predicted molar refractivity (Wildman–Crippen MR) is 157 cm³/mol. The molecule has 41 heavy (non-hydrogen) atoms. The summed E-state index contributed by atoms with van der Waals surface area (Å²) in [6, 6.07) is 7.45. The molecule has 7 atom stereocenters. The van der Waals surface area contributed by atoms with Crippen molar-refractivity contribution in [2.24, 2.45) is 29.1 Å². The summed E-state index contributed by atoms with van der Waals surface area (Å²) in [7, 11) is 1.60. The Morgan fingerprint density at radius 1 is 1.17 bits per heavy atom. The van der Waals surface area contributed by atoms with Gasteiger partial charge in [0.2, 0.25) is 5.91 Å². The minimum atomic E-state index is -0.699. The van der Waals surface area contributed by atoms with Crippen LogP contribution in [0.5, 0.6) is 5.75 Å². The lowest BCUT2D eigenvalue weighted by atomic mass is 9.65. The monoisotopic (exact) mass is 571 g/mol. The number of hydrogen-bond acceptors (Lipinski definition) is 7. The molecule has 0 aliphatic heterocycles. The summed E-state index contributed by atoms with van der Waals surface area (Å²) in [5.74, 6) is 0.887. The zero-order valence-electron chi connectivity index (χ0n) is 25.5. The number of aliphatic hydroxyl groups is 1. The first-order chi connectivity index (χ1) is 19.5. The first-order valence-corrected chi connectivity index (χ1v) is 14.9. The Balaban J connectivity index is 1.66. The second-order valence-electron chi connectivity index (χ2n) is 12.5. The Bertz CT molecular complexity index is 1060. The lowest BCUT2D eigenvalue weighted by Crippen LogP contribution is -2.43. The number of esters is 1. The van der Waals surface area contributed by atoms with E-state index in [0.29, 0.717) is 18.8 Å². The number of amides is 1. The molecule has 0 saturated carbocycles. The molecule has 0 saturated heterocycles. The molecule has 7 unspecified atom stereocenters. The van der Waals surface area contributed by atoms with Crippen LogP contribution in [-0.4, -0.2) is 47.6 Å². The molecule has 0 radical (unpaired) electrons. The van der Waals surface area contributed by atoms with E-state index in [9.17, 15) is 14.7 Å². The van der Waals surface area contributed by atoms with Gasteiger partial charge in [0.25, 0.3) is 0 Å². The van der Waals surface area contributed by atoms with E-state index in [1.807, 2.05) is 45.0 Å². The van der Waals surface area contributed by atoms with Gasteiger partial charge in [0.1, 0.15) is 11.9 Å². The van der Waals surface area contributed by atoms with E-state index < -0.39 is 23.5 Å². The zero-order chi connectivity index (χ0) is 30.2. The number of aliphatic hydroxyl groups excluding tert-OH is 1. The lowest BCUT2D eigenvalue weighted by Gasteiger charge is -2.44. The molecule has 1 aromatic carbocycles. The summed E-state index contributed by atoms with van der Waals surface area (Å²) >= 11 is 0. The van der Waals surface area contributed by atoms with Crippen LogP contribution in [0.1, 0.15) is 78.7 Å². The van der Waals surface area contributed by atoms with Crippen molar-refractivity contribution in [3.8, 4) is 5.75 Å². The average Bonchev–Trinajstić information content (AvgIpc) is 2.95. The third-order valence-corrected chi connectivity index (χ3v) is 8.84. The van der Waals surface area contributed by atoms with Crippen LogP contribution in [0.2, 0.25) is 0 Å². The summed E-state index contributed by atoms with van der Waals surface area (Å²) in [5.41, 5.74) is 3.26. The van der Waals surface area contributed by atoms with E-state index in [0.717, 1.165) is 24.2 Å². The summed E-state index contributed by atoms with van der Waals surface area (Å²) in [6.07, 6.45) is 8.18. The van der Waals surface area contributed by atoms with Crippen molar-refractivity contribution in [2.45, 2.75) is 98.1 Å². The molecule has 8 nitrogen and oxygen atoms in total. The number of hydroxylamine groups is 1. The minimum Gasteiger partial charge on any atom is -0.497 e. The number of rotatable bonds is 14. The van der Waals surface area contributed by atoms with E-state index in [4.69, 9.17) is 19.4 Å². The quantitative estimate of drug-likeness (QED) is 0.148. The summed E-state index contributed by atoms with van der Waals surface area (Å²) in [5, 5.41) is 20.1. The highest BCUT2D eigenvalue weighted by Gasteiger charge is 2.43. The number of carbonyl (C=O) groups excluding carboxylic acids is 2. The molecule has 0 spiro atoms. The van der Waals surface area contributed by atoms with Gasteiger partial charge in [-0.25, -0.2) is 5.48 Å². The molecule has 0 bridgehead atoms. The molecule has 2 aliphatic rings. The van der Waals surface area contributed by atoms with Gasteiger partial charge < -0.3 is 19.3 Å². The van der Waals surface area contributed by atoms with E-state index in [1.165, 1.54) is 5.57 Å². The Morgan fingerprint density at radius 3 is 2.51 bits per heavy atom. The van der Waals surface area contributed by atoms with Gasteiger partial charge >= 0.3 is 5.97 Å². The van der Waals surface area contributed by atoms with Crippen molar-refractivity contribution >= 4 is 11.9 Å². The van der Waals surface area contributed by atoms with Gasteiger partial charge in [0.15, 0.2) is 0 Å². The van der Waals surface area contributed by atoms with Crippen molar-refractivity contribution in [2.75, 3.05) is 7.11 Å². The van der Waals surface area contributed by atoms with Crippen molar-refractivity contribution in [3.63, 3.8) is 0 Å². The molecule has 3 N–H and O–H groups in total. The van der Waals surface area contributed by atoms with Gasteiger partial charge in [-0.3, -0.25) is 14.8 Å². The maximum atomic E-state index is 13.1. The lowest BCUT2D eigenvalue weighted by molar-refractivity contribution is -0.164. The van der Waals surface area contributed by atoms with Gasteiger partial charge in [0, 0.05) is 12.3 Å². The second-order valence-corrected chi connectivity index (χ2v) is 12.5. The van der Waals surface area contributed by atoms with E-state index in [-0.39, 0.29) is 49.3 Å². The van der Waals surface area contributed by atoms with E-state index in [2.05, 4.69) is 32.1 Å². The summed E-state index contributed by atoms with van der Waals surface area (Å²) in [4.78, 5) is 25.0. The normalized spacial score (nSPS) is 25.5. The Labute approximate surface area is 245 Å². The molecule has 2 aliphatic carbocycles. The Kier molecular flexibility index (Phi) is 12.0. The first kappa shape index (κ1) is 32.8. The van der Waals surface area contributed by atoms with Crippen molar-refractivity contribution in [3.05, 3.63) is 53.6 Å². The molecule has 228 valence electrons. The number of benzene rings is 1. The van der Waals surface area contributed by atoms with Gasteiger partial charge in [-0.2, -0.15) is 0 Å². The zero-order valence-corrected chi connectivity index (χ0v) is 25.5. The SMILES string of the molecule is CCC(C)(C)C(=O)OC1CC(C)C=C2C=CC(C)C(CCC(O)CC(CC(=O)NO)OCc3ccc(OC)cc3)C21. The fourth-order valence-corrected chi connectivity index (χ4v) is 5.87. The number of ether oxygens (including phenoxy) is 3. The van der Waals surface area contributed by atoms with Crippen molar-refractivity contribution < 1.29 is 34.1 Å². The van der Waals surface area contributed by atoms with Crippen LogP contribution >= 0.6 is 0 Å². The number of methoxy groups -OCH3 is 1. The highest BCUT2D eigenvalue weighted by molar-refractivity contribution is 5.76. The fraction of sp³-hybridized carbons (Fsp3) is 0.636. The third kappa shape index (κ3) is 9.15. The first-order valence-electron chi connectivity index (χ1n) is 14.9. The van der Waals surface area contributed by atoms with Crippen LogP contribution in [0.3, 0.4) is 0 Å². The molecule has 8 heteroatoms. The van der Waals surface area contributed by atoms with Crippen LogP contribution in [0, 0.1) is 29.1 Å². The molecule has 0 fully saturated rings. The highest BCUT2D eigenvalue weighted by Crippen LogP contribution is 2.45. The largest absolute Gasteiger partial charge is 0.497 e. The van der Waals surface area contributed by atoms with E-state index >= 15 is 0 Å². The second kappa shape index (κ2) is 15.0. The number of fused-ring (bicyclic) bond motifs is 1. The molecular formula is C33H49NO7. The number of allylic oxidation sites excluding steroid dienone is 3. The maximum absolute atomic E-state index is 13.1. The fourth-order valence-electron chi connectivity index (χ4n) is 5.87. The van der Waals surface area contributed by atoms with Crippen molar-refractivity contribution in [1.82, 2.24) is 5.48 Å². The Morgan fingerprint density at radius 2 is 1.88 bits per heavy atom. The maximum Gasteiger partial charge on any atom is 0.311 e. The van der Waals surface area contributed by atoms with Gasteiger partial charge in [-0.1, -0.05) is 51.1 Å². The molecule has 0 heterocycles. The highest BCUT2D eigenvalue weighted by atomic mass is 16.5. The topological polar surface area (TPSA) is 114 Å². The van der Waals surface area contributed by atoms with Crippen LogP contribution in [0.15, 0.2) is 48.1 Å². The third-order valence-electron chi connectivity index (χ3n) is 8.84.